The summed E-state index contributed by atoms with van der Waals surface area (Å²) in [5, 5.41) is 9.05. The minimum absolute atomic E-state index is 0.501. The predicted octanol–water partition coefficient (Wildman–Crippen LogP) is 2.80. The van der Waals surface area contributed by atoms with E-state index in [9.17, 15) is 4.79 Å². The van der Waals surface area contributed by atoms with Crippen molar-refractivity contribution < 1.29 is 14.6 Å². The SMILES string of the molecule is CCOc1cccc(C2CCN(C3CCN(C(=O)O)CC3)CC2)n1. The van der Waals surface area contributed by atoms with Crippen molar-refractivity contribution in [2.45, 2.75) is 44.6 Å². The Morgan fingerprint density at radius 2 is 1.92 bits per heavy atom. The highest BCUT2D eigenvalue weighted by Crippen LogP contribution is 2.30. The van der Waals surface area contributed by atoms with Gasteiger partial charge in [-0.05, 0) is 51.8 Å². The molecular formula is C18H27N3O3. The molecule has 0 bridgehead atoms. The van der Waals surface area contributed by atoms with Crippen molar-refractivity contribution in [1.29, 1.82) is 0 Å². The van der Waals surface area contributed by atoms with Gasteiger partial charge in [-0.25, -0.2) is 9.78 Å². The van der Waals surface area contributed by atoms with E-state index in [2.05, 4.69) is 16.0 Å². The van der Waals surface area contributed by atoms with Gasteiger partial charge in [-0.1, -0.05) is 6.07 Å². The monoisotopic (exact) mass is 333 g/mol. The number of amides is 1. The quantitative estimate of drug-likeness (QED) is 0.918. The van der Waals surface area contributed by atoms with Gasteiger partial charge in [0.25, 0.3) is 0 Å². The van der Waals surface area contributed by atoms with Crippen LogP contribution in [-0.2, 0) is 0 Å². The summed E-state index contributed by atoms with van der Waals surface area (Å²) < 4.78 is 5.51. The normalized spacial score (nSPS) is 21.0. The second-order valence-corrected chi connectivity index (χ2v) is 6.64. The summed E-state index contributed by atoms with van der Waals surface area (Å²) in [5.41, 5.74) is 1.14. The predicted molar refractivity (Wildman–Crippen MR) is 91.6 cm³/mol. The molecule has 1 amide bonds. The summed E-state index contributed by atoms with van der Waals surface area (Å²) >= 11 is 0. The van der Waals surface area contributed by atoms with Gasteiger partial charge >= 0.3 is 6.09 Å². The van der Waals surface area contributed by atoms with Gasteiger partial charge in [0.15, 0.2) is 0 Å². The molecule has 2 fully saturated rings. The first-order valence-corrected chi connectivity index (χ1v) is 8.99. The van der Waals surface area contributed by atoms with E-state index in [-0.39, 0.29) is 0 Å². The fourth-order valence-electron chi connectivity index (χ4n) is 3.87. The zero-order valence-corrected chi connectivity index (χ0v) is 14.4. The first-order chi connectivity index (χ1) is 11.7. The molecular weight excluding hydrogens is 306 g/mol. The Morgan fingerprint density at radius 1 is 1.21 bits per heavy atom. The van der Waals surface area contributed by atoms with Crippen molar-refractivity contribution >= 4 is 6.09 Å². The van der Waals surface area contributed by atoms with Gasteiger partial charge in [-0.3, -0.25) is 0 Å². The molecule has 0 atom stereocenters. The number of aromatic nitrogens is 1. The van der Waals surface area contributed by atoms with Crippen LogP contribution in [0.1, 0.15) is 44.2 Å². The summed E-state index contributed by atoms with van der Waals surface area (Å²) in [4.78, 5) is 19.7. The van der Waals surface area contributed by atoms with E-state index in [0.29, 0.717) is 31.7 Å². The highest BCUT2D eigenvalue weighted by atomic mass is 16.5. The van der Waals surface area contributed by atoms with E-state index >= 15 is 0 Å². The molecule has 1 aromatic rings. The van der Waals surface area contributed by atoms with Crippen LogP contribution in [0.3, 0.4) is 0 Å². The Kier molecular flexibility index (Phi) is 5.56. The van der Waals surface area contributed by atoms with Crippen molar-refractivity contribution in [2.75, 3.05) is 32.8 Å². The second-order valence-electron chi connectivity index (χ2n) is 6.64. The van der Waals surface area contributed by atoms with Crippen LogP contribution in [-0.4, -0.2) is 64.8 Å². The van der Waals surface area contributed by atoms with Crippen LogP contribution in [0.4, 0.5) is 4.79 Å². The van der Waals surface area contributed by atoms with E-state index < -0.39 is 6.09 Å². The van der Waals surface area contributed by atoms with Gasteiger partial charge in [-0.2, -0.15) is 0 Å². The summed E-state index contributed by atoms with van der Waals surface area (Å²) in [6.07, 6.45) is 3.35. The lowest BCUT2D eigenvalue weighted by Gasteiger charge is -2.41. The highest BCUT2D eigenvalue weighted by Gasteiger charge is 2.30. The minimum atomic E-state index is -0.785. The number of piperidine rings is 2. The summed E-state index contributed by atoms with van der Waals surface area (Å²) in [6, 6.07) is 6.58. The molecule has 0 unspecified atom stereocenters. The Hall–Kier alpha value is -1.82. The van der Waals surface area contributed by atoms with E-state index in [1.165, 1.54) is 4.90 Å². The lowest BCUT2D eigenvalue weighted by atomic mass is 9.91. The van der Waals surface area contributed by atoms with E-state index in [1.54, 1.807) is 0 Å². The molecule has 1 aromatic heterocycles. The van der Waals surface area contributed by atoms with Crippen molar-refractivity contribution in [3.63, 3.8) is 0 Å². The Morgan fingerprint density at radius 3 is 2.54 bits per heavy atom. The highest BCUT2D eigenvalue weighted by molar-refractivity contribution is 5.65. The molecule has 6 nitrogen and oxygen atoms in total. The number of ether oxygens (including phenoxy) is 1. The number of likely N-dealkylation sites (tertiary alicyclic amines) is 2. The van der Waals surface area contributed by atoms with Gasteiger partial charge in [0.05, 0.1) is 6.61 Å². The minimum Gasteiger partial charge on any atom is -0.478 e. The van der Waals surface area contributed by atoms with Crippen LogP contribution >= 0.6 is 0 Å². The summed E-state index contributed by atoms with van der Waals surface area (Å²) in [5.74, 6) is 1.22. The van der Waals surface area contributed by atoms with Crippen LogP contribution in [0.2, 0.25) is 0 Å². The maximum absolute atomic E-state index is 11.0. The first kappa shape index (κ1) is 17.0. The number of hydrogen-bond acceptors (Lipinski definition) is 4. The number of carbonyl (C=O) groups is 1. The molecule has 24 heavy (non-hydrogen) atoms. The average Bonchev–Trinajstić information content (AvgIpc) is 2.62. The van der Waals surface area contributed by atoms with Crippen LogP contribution in [0.25, 0.3) is 0 Å². The average molecular weight is 333 g/mol. The third-order valence-electron chi connectivity index (χ3n) is 5.24. The lowest BCUT2D eigenvalue weighted by molar-refractivity contribution is 0.0808. The molecule has 0 aromatic carbocycles. The van der Waals surface area contributed by atoms with E-state index in [1.807, 2.05) is 19.1 Å². The molecule has 2 aliphatic rings. The number of rotatable bonds is 4. The molecule has 0 spiro atoms. The van der Waals surface area contributed by atoms with Crippen LogP contribution in [0.5, 0.6) is 5.88 Å². The maximum atomic E-state index is 11.0. The second kappa shape index (κ2) is 7.83. The fraction of sp³-hybridized carbons (Fsp3) is 0.667. The third-order valence-corrected chi connectivity index (χ3v) is 5.24. The smallest absolute Gasteiger partial charge is 0.407 e. The van der Waals surface area contributed by atoms with Crippen LogP contribution in [0, 0.1) is 0 Å². The van der Waals surface area contributed by atoms with Gasteiger partial charge < -0.3 is 19.6 Å². The maximum Gasteiger partial charge on any atom is 0.407 e. The van der Waals surface area contributed by atoms with Crippen molar-refractivity contribution in [3.05, 3.63) is 23.9 Å². The van der Waals surface area contributed by atoms with Gasteiger partial charge in [0.2, 0.25) is 5.88 Å². The standard InChI is InChI=1S/C18H27N3O3/c1-2-24-17-5-3-4-16(19-17)14-6-10-20(11-7-14)15-8-12-21(13-9-15)18(22)23/h3-5,14-15H,2,6-13H2,1H3,(H,22,23). The van der Waals surface area contributed by atoms with Crippen LogP contribution in [0.15, 0.2) is 18.2 Å². The summed E-state index contributed by atoms with van der Waals surface area (Å²) in [7, 11) is 0. The molecule has 6 heteroatoms. The Balaban J connectivity index is 1.51. The van der Waals surface area contributed by atoms with Crippen LogP contribution < -0.4 is 4.74 Å². The number of pyridine rings is 1. The van der Waals surface area contributed by atoms with E-state index in [0.717, 1.165) is 50.3 Å². The number of carboxylic acid groups (broad SMARTS) is 1. The molecule has 2 saturated heterocycles. The van der Waals surface area contributed by atoms with Gasteiger partial charge in [-0.15, -0.1) is 0 Å². The molecule has 0 radical (unpaired) electrons. The zero-order valence-electron chi connectivity index (χ0n) is 14.4. The first-order valence-electron chi connectivity index (χ1n) is 8.99. The molecule has 0 aliphatic carbocycles. The summed E-state index contributed by atoms with van der Waals surface area (Å²) in [6.45, 7) is 6.09. The molecule has 3 heterocycles. The Labute approximate surface area is 143 Å². The number of nitrogens with zero attached hydrogens (tertiary/aromatic N) is 3. The molecule has 3 rings (SSSR count). The van der Waals surface area contributed by atoms with E-state index in [4.69, 9.17) is 9.84 Å². The molecule has 2 aliphatic heterocycles. The van der Waals surface area contributed by atoms with Crippen molar-refractivity contribution in [3.8, 4) is 5.88 Å². The number of hydrogen-bond donors (Lipinski definition) is 1. The lowest BCUT2D eigenvalue weighted by Crippen LogP contribution is -2.48. The Bertz CT molecular complexity index is 550. The fourth-order valence-corrected chi connectivity index (χ4v) is 3.87. The molecule has 1 N–H and O–H groups in total. The van der Waals surface area contributed by atoms with Gasteiger partial charge in [0.1, 0.15) is 0 Å². The largest absolute Gasteiger partial charge is 0.478 e. The topological polar surface area (TPSA) is 65.9 Å². The van der Waals surface area contributed by atoms with Crippen molar-refractivity contribution in [1.82, 2.24) is 14.8 Å². The van der Waals surface area contributed by atoms with Crippen molar-refractivity contribution in [2.24, 2.45) is 0 Å². The third kappa shape index (κ3) is 3.98. The van der Waals surface area contributed by atoms with Gasteiger partial charge in [0, 0.05) is 36.8 Å². The molecule has 132 valence electrons. The zero-order chi connectivity index (χ0) is 16.9. The molecule has 0 saturated carbocycles.